The third kappa shape index (κ3) is 3.58. The summed E-state index contributed by atoms with van der Waals surface area (Å²) in [5.41, 5.74) is 2.34. The number of hydrogen-bond acceptors (Lipinski definition) is 4. The molecule has 1 saturated heterocycles. The molecule has 0 bridgehead atoms. The molecule has 4 rings (SSSR count). The number of likely N-dealkylation sites (tertiary alicyclic amines) is 1. The number of piperidine rings is 1. The predicted octanol–water partition coefficient (Wildman–Crippen LogP) is 3.02. The Hall–Kier alpha value is -3.46. The van der Waals surface area contributed by atoms with Crippen molar-refractivity contribution in [1.29, 1.82) is 5.26 Å². The number of benzene rings is 1. The van der Waals surface area contributed by atoms with Gasteiger partial charge in [0.1, 0.15) is 5.82 Å². The van der Waals surface area contributed by atoms with Gasteiger partial charge in [-0.1, -0.05) is 18.2 Å². The van der Waals surface area contributed by atoms with Gasteiger partial charge in [-0.15, -0.1) is 10.2 Å². The van der Waals surface area contributed by atoms with E-state index in [-0.39, 0.29) is 11.8 Å². The molecule has 3 heterocycles. The fourth-order valence-electron chi connectivity index (χ4n) is 3.47. The smallest absolute Gasteiger partial charge is 0.246 e. The summed E-state index contributed by atoms with van der Waals surface area (Å²) < 4.78 is 2.01. The third-order valence-corrected chi connectivity index (χ3v) is 4.90. The summed E-state index contributed by atoms with van der Waals surface area (Å²) in [4.78, 5) is 14.5. The van der Waals surface area contributed by atoms with Gasteiger partial charge in [0.2, 0.25) is 5.91 Å². The number of carbonyl (C=O) groups is 1. The van der Waals surface area contributed by atoms with E-state index in [1.165, 1.54) is 0 Å². The van der Waals surface area contributed by atoms with Crippen molar-refractivity contribution in [2.24, 2.45) is 0 Å². The van der Waals surface area contributed by atoms with Gasteiger partial charge in [-0.2, -0.15) is 5.26 Å². The van der Waals surface area contributed by atoms with Crippen molar-refractivity contribution in [2.75, 3.05) is 13.1 Å². The van der Waals surface area contributed by atoms with E-state index in [9.17, 15) is 4.79 Å². The molecule has 1 aliphatic rings. The highest BCUT2D eigenvalue weighted by Crippen LogP contribution is 2.26. The Labute approximate surface area is 157 Å². The number of fused-ring (bicyclic) bond motifs is 1. The lowest BCUT2D eigenvalue weighted by Gasteiger charge is -2.31. The zero-order valence-electron chi connectivity index (χ0n) is 14.8. The molecule has 1 fully saturated rings. The van der Waals surface area contributed by atoms with Crippen LogP contribution in [0.1, 0.15) is 35.7 Å². The molecule has 0 N–H and O–H groups in total. The maximum absolute atomic E-state index is 12.6. The number of nitrogens with zero attached hydrogens (tertiary/aromatic N) is 5. The molecule has 1 atom stereocenters. The second-order valence-corrected chi connectivity index (χ2v) is 6.68. The zero-order chi connectivity index (χ0) is 18.6. The average molecular weight is 357 g/mol. The maximum atomic E-state index is 12.6. The number of rotatable bonds is 3. The Bertz CT molecular complexity index is 1030. The van der Waals surface area contributed by atoms with Gasteiger partial charge in [-0.25, -0.2) is 0 Å². The Morgan fingerprint density at radius 2 is 2.04 bits per heavy atom. The molecule has 2 aromatic heterocycles. The highest BCUT2D eigenvalue weighted by molar-refractivity contribution is 5.91. The SMILES string of the molecule is N#Cc1ccc(C=CC(=O)N2CCCC(c3nnc4ccccn34)C2)cc1. The Morgan fingerprint density at radius 3 is 2.85 bits per heavy atom. The quantitative estimate of drug-likeness (QED) is 0.675. The van der Waals surface area contributed by atoms with Crippen LogP contribution in [-0.4, -0.2) is 38.5 Å². The van der Waals surface area contributed by atoms with Crippen LogP contribution in [0.4, 0.5) is 0 Å². The first kappa shape index (κ1) is 17.0. The molecule has 6 heteroatoms. The van der Waals surface area contributed by atoms with E-state index in [1.807, 2.05) is 45.8 Å². The first-order chi connectivity index (χ1) is 13.2. The normalized spacial score (nSPS) is 17.3. The van der Waals surface area contributed by atoms with Crippen LogP contribution in [0, 0.1) is 11.3 Å². The third-order valence-electron chi connectivity index (χ3n) is 4.90. The van der Waals surface area contributed by atoms with E-state index in [0.29, 0.717) is 12.1 Å². The van der Waals surface area contributed by atoms with Crippen LogP contribution < -0.4 is 0 Å². The van der Waals surface area contributed by atoms with Gasteiger partial charge in [0.05, 0.1) is 11.6 Å². The monoisotopic (exact) mass is 357 g/mol. The van der Waals surface area contributed by atoms with E-state index < -0.39 is 0 Å². The van der Waals surface area contributed by atoms with Crippen LogP contribution in [0.25, 0.3) is 11.7 Å². The van der Waals surface area contributed by atoms with Crippen LogP contribution in [-0.2, 0) is 4.79 Å². The molecule has 1 aliphatic heterocycles. The van der Waals surface area contributed by atoms with Crippen molar-refractivity contribution in [1.82, 2.24) is 19.5 Å². The Kier molecular flexibility index (Phi) is 4.67. The summed E-state index contributed by atoms with van der Waals surface area (Å²) in [6.07, 6.45) is 7.31. The van der Waals surface area contributed by atoms with Crippen molar-refractivity contribution in [3.8, 4) is 6.07 Å². The van der Waals surface area contributed by atoms with Crippen LogP contribution >= 0.6 is 0 Å². The van der Waals surface area contributed by atoms with Gasteiger partial charge in [0, 0.05) is 31.3 Å². The van der Waals surface area contributed by atoms with Crippen LogP contribution in [0.15, 0.2) is 54.7 Å². The Morgan fingerprint density at radius 1 is 1.19 bits per heavy atom. The molecule has 0 saturated carbocycles. The molecule has 3 aromatic rings. The van der Waals surface area contributed by atoms with E-state index >= 15 is 0 Å². The lowest BCUT2D eigenvalue weighted by atomic mass is 9.97. The summed E-state index contributed by atoms with van der Waals surface area (Å²) in [6.45, 7) is 1.40. The fraction of sp³-hybridized carbons (Fsp3) is 0.238. The molecular formula is C21H19N5O. The fourth-order valence-corrected chi connectivity index (χ4v) is 3.47. The highest BCUT2D eigenvalue weighted by atomic mass is 16.2. The standard InChI is InChI=1S/C21H19N5O/c22-14-17-8-6-16(7-9-17)10-11-20(27)25-12-3-4-18(15-25)21-24-23-19-5-1-2-13-26(19)21/h1-2,5-11,13,18H,3-4,12,15H2. The van der Waals surface area contributed by atoms with E-state index in [0.717, 1.165) is 36.4 Å². The molecule has 0 radical (unpaired) electrons. The van der Waals surface area contributed by atoms with Crippen molar-refractivity contribution in [3.63, 3.8) is 0 Å². The minimum atomic E-state index is -0.00196. The minimum Gasteiger partial charge on any atom is -0.338 e. The molecular weight excluding hydrogens is 338 g/mol. The topological polar surface area (TPSA) is 74.3 Å². The maximum Gasteiger partial charge on any atom is 0.246 e. The molecule has 6 nitrogen and oxygen atoms in total. The first-order valence-corrected chi connectivity index (χ1v) is 9.01. The van der Waals surface area contributed by atoms with Gasteiger partial charge in [0.15, 0.2) is 5.65 Å². The zero-order valence-corrected chi connectivity index (χ0v) is 14.8. The van der Waals surface area contributed by atoms with Gasteiger partial charge < -0.3 is 4.90 Å². The summed E-state index contributed by atoms with van der Waals surface area (Å²) in [5, 5.41) is 17.4. The summed E-state index contributed by atoms with van der Waals surface area (Å²) in [5.74, 6) is 1.10. The number of aromatic nitrogens is 3. The van der Waals surface area contributed by atoms with Crippen LogP contribution in [0.5, 0.6) is 0 Å². The number of nitriles is 1. The summed E-state index contributed by atoms with van der Waals surface area (Å²) in [6, 6.07) is 15.1. The highest BCUT2D eigenvalue weighted by Gasteiger charge is 2.26. The molecule has 1 amide bonds. The average Bonchev–Trinajstić information content (AvgIpc) is 3.16. The van der Waals surface area contributed by atoms with Crippen LogP contribution in [0.3, 0.4) is 0 Å². The van der Waals surface area contributed by atoms with Crippen molar-refractivity contribution in [3.05, 3.63) is 71.7 Å². The van der Waals surface area contributed by atoms with E-state index in [2.05, 4.69) is 16.3 Å². The van der Waals surface area contributed by atoms with Gasteiger partial charge in [-0.05, 0) is 48.7 Å². The lowest BCUT2D eigenvalue weighted by Crippen LogP contribution is -2.38. The minimum absolute atomic E-state index is 0.00196. The van der Waals surface area contributed by atoms with Crippen molar-refractivity contribution >= 4 is 17.6 Å². The summed E-state index contributed by atoms with van der Waals surface area (Å²) in [7, 11) is 0. The Balaban J connectivity index is 1.46. The van der Waals surface area contributed by atoms with Crippen molar-refractivity contribution < 1.29 is 4.79 Å². The summed E-state index contributed by atoms with van der Waals surface area (Å²) >= 11 is 0. The van der Waals surface area contributed by atoms with Gasteiger partial charge in [-0.3, -0.25) is 9.20 Å². The second-order valence-electron chi connectivity index (χ2n) is 6.68. The largest absolute Gasteiger partial charge is 0.338 e. The molecule has 1 aromatic carbocycles. The lowest BCUT2D eigenvalue weighted by molar-refractivity contribution is -0.127. The number of pyridine rings is 1. The second kappa shape index (κ2) is 7.42. The molecule has 1 unspecified atom stereocenters. The predicted molar refractivity (Wildman–Crippen MR) is 102 cm³/mol. The van der Waals surface area contributed by atoms with Crippen molar-refractivity contribution in [2.45, 2.75) is 18.8 Å². The number of amides is 1. The van der Waals surface area contributed by atoms with E-state index in [1.54, 1.807) is 24.3 Å². The van der Waals surface area contributed by atoms with Gasteiger partial charge >= 0.3 is 0 Å². The molecule has 134 valence electrons. The number of hydrogen-bond donors (Lipinski definition) is 0. The molecule has 0 aliphatic carbocycles. The molecule has 27 heavy (non-hydrogen) atoms. The van der Waals surface area contributed by atoms with Gasteiger partial charge in [0.25, 0.3) is 0 Å². The van der Waals surface area contributed by atoms with Crippen LogP contribution in [0.2, 0.25) is 0 Å². The van der Waals surface area contributed by atoms with E-state index in [4.69, 9.17) is 5.26 Å². The first-order valence-electron chi connectivity index (χ1n) is 9.01. The molecule has 0 spiro atoms. The number of carbonyl (C=O) groups excluding carboxylic acids is 1.